The molecule has 192 valence electrons. The Balaban J connectivity index is 2.31. The number of rotatable bonds is 12. The first-order valence-electron chi connectivity index (χ1n) is 11.4. The maximum atomic E-state index is 13.5. The summed E-state index contributed by atoms with van der Waals surface area (Å²) in [6.07, 6.45) is 0.374. The molecule has 0 aliphatic carbocycles. The average molecular weight is 524 g/mol. The van der Waals surface area contributed by atoms with Crippen LogP contribution in [-0.4, -0.2) is 62.7 Å². The predicted molar refractivity (Wildman–Crippen MR) is 137 cm³/mol. The molecular weight excluding hydrogens is 490 g/mol. The Morgan fingerprint density at radius 1 is 1.06 bits per heavy atom. The Hall–Kier alpha value is -2.62. The van der Waals surface area contributed by atoms with Crippen LogP contribution in [0.25, 0.3) is 0 Å². The summed E-state index contributed by atoms with van der Waals surface area (Å²) < 4.78 is 32.2. The number of sulfonamides is 1. The highest BCUT2D eigenvalue weighted by molar-refractivity contribution is 7.89. The van der Waals surface area contributed by atoms with Crippen molar-refractivity contribution in [2.45, 2.75) is 44.7 Å². The third-order valence-corrected chi connectivity index (χ3v) is 7.53. The Morgan fingerprint density at radius 3 is 2.17 bits per heavy atom. The summed E-state index contributed by atoms with van der Waals surface area (Å²) in [5.41, 5.74) is 0.789. The van der Waals surface area contributed by atoms with Gasteiger partial charge in [0.05, 0.1) is 18.6 Å². The van der Waals surface area contributed by atoms with E-state index in [2.05, 4.69) is 5.32 Å². The third kappa shape index (κ3) is 7.95. The van der Waals surface area contributed by atoms with Gasteiger partial charge in [-0.3, -0.25) is 9.59 Å². The zero-order chi connectivity index (χ0) is 26.2. The summed E-state index contributed by atoms with van der Waals surface area (Å²) in [6, 6.07) is 12.2. The number of halogens is 1. The molecule has 2 aromatic carbocycles. The van der Waals surface area contributed by atoms with Gasteiger partial charge in [0.15, 0.2) is 0 Å². The highest BCUT2D eigenvalue weighted by Crippen LogP contribution is 2.20. The Kier molecular flexibility index (Phi) is 10.5. The minimum absolute atomic E-state index is 0.0284. The van der Waals surface area contributed by atoms with Gasteiger partial charge in [-0.25, -0.2) is 8.42 Å². The Bertz CT molecular complexity index is 1090. The lowest BCUT2D eigenvalue weighted by atomic mass is 10.1. The number of hydrogen-bond acceptors (Lipinski definition) is 5. The van der Waals surface area contributed by atoms with E-state index in [4.69, 9.17) is 16.3 Å². The largest absolute Gasteiger partial charge is 0.497 e. The van der Waals surface area contributed by atoms with Crippen molar-refractivity contribution in [2.24, 2.45) is 5.92 Å². The van der Waals surface area contributed by atoms with Crippen molar-refractivity contribution in [1.82, 2.24) is 14.5 Å². The summed E-state index contributed by atoms with van der Waals surface area (Å²) in [5.74, 6) is 0.165. The second kappa shape index (κ2) is 12.9. The van der Waals surface area contributed by atoms with Gasteiger partial charge in [-0.2, -0.15) is 4.31 Å². The first-order valence-corrected chi connectivity index (χ1v) is 13.2. The standard InChI is InChI=1S/C25H34ClN3O5S/c1-6-23(25(31)27-15-18(2)3)29(16-19-7-11-21(34-5)12-8-19)24(30)17-28(4)35(32,33)22-13-9-20(26)10-14-22/h7-14,18,23H,6,15-17H2,1-5H3,(H,27,31)/t23-/m1/s1. The molecule has 0 saturated heterocycles. The molecule has 0 spiro atoms. The van der Waals surface area contributed by atoms with Gasteiger partial charge in [0.2, 0.25) is 21.8 Å². The Morgan fingerprint density at radius 2 is 1.66 bits per heavy atom. The van der Waals surface area contributed by atoms with Gasteiger partial charge in [0.25, 0.3) is 0 Å². The van der Waals surface area contributed by atoms with Crippen molar-refractivity contribution >= 4 is 33.4 Å². The van der Waals surface area contributed by atoms with Gasteiger partial charge in [-0.15, -0.1) is 0 Å². The molecule has 0 aromatic heterocycles. The molecule has 0 saturated carbocycles. The number of carbonyl (C=O) groups is 2. The van der Waals surface area contributed by atoms with Crippen LogP contribution in [0.5, 0.6) is 5.75 Å². The molecule has 10 heteroatoms. The van der Waals surface area contributed by atoms with E-state index in [1.807, 2.05) is 32.9 Å². The molecule has 0 heterocycles. The van der Waals surface area contributed by atoms with Gasteiger partial charge in [-0.05, 0) is 54.3 Å². The van der Waals surface area contributed by atoms with Crippen LogP contribution in [0.1, 0.15) is 32.8 Å². The Labute approximate surface area is 213 Å². The van der Waals surface area contributed by atoms with Crippen molar-refractivity contribution in [2.75, 3.05) is 27.2 Å². The zero-order valence-electron chi connectivity index (χ0n) is 20.8. The number of hydrogen-bond donors (Lipinski definition) is 1. The minimum atomic E-state index is -3.93. The molecule has 0 bridgehead atoms. The molecule has 1 atom stereocenters. The second-order valence-corrected chi connectivity index (χ2v) is 11.1. The SMILES string of the molecule is CC[C@H](C(=O)NCC(C)C)N(Cc1ccc(OC)cc1)C(=O)CN(C)S(=O)(=O)c1ccc(Cl)cc1. The molecular formula is C25H34ClN3O5S. The highest BCUT2D eigenvalue weighted by atomic mass is 35.5. The first kappa shape index (κ1) is 28.6. The van der Waals surface area contributed by atoms with E-state index < -0.39 is 28.5 Å². The fourth-order valence-electron chi connectivity index (χ4n) is 3.42. The summed E-state index contributed by atoms with van der Waals surface area (Å²) in [5, 5.41) is 3.30. The molecule has 0 fully saturated rings. The van der Waals surface area contributed by atoms with E-state index in [0.717, 1.165) is 9.87 Å². The number of likely N-dealkylation sites (N-methyl/N-ethyl adjacent to an activating group) is 1. The summed E-state index contributed by atoms with van der Waals surface area (Å²) in [7, 11) is -1.03. The number of nitrogens with one attached hydrogen (secondary N) is 1. The smallest absolute Gasteiger partial charge is 0.243 e. The number of nitrogens with zero attached hydrogens (tertiary/aromatic N) is 2. The van der Waals surface area contributed by atoms with E-state index in [1.54, 1.807) is 19.2 Å². The van der Waals surface area contributed by atoms with Crippen molar-refractivity contribution in [1.29, 1.82) is 0 Å². The van der Waals surface area contributed by atoms with Crippen molar-refractivity contribution in [3.05, 3.63) is 59.1 Å². The molecule has 0 aliphatic rings. The lowest BCUT2D eigenvalue weighted by Gasteiger charge is -2.32. The topological polar surface area (TPSA) is 96.0 Å². The lowest BCUT2D eigenvalue weighted by Crippen LogP contribution is -2.52. The van der Waals surface area contributed by atoms with Crippen LogP contribution in [0, 0.1) is 5.92 Å². The molecule has 2 aromatic rings. The maximum Gasteiger partial charge on any atom is 0.243 e. The highest BCUT2D eigenvalue weighted by Gasteiger charge is 2.31. The molecule has 0 unspecified atom stereocenters. The van der Waals surface area contributed by atoms with Crippen LogP contribution < -0.4 is 10.1 Å². The monoisotopic (exact) mass is 523 g/mol. The quantitative estimate of drug-likeness (QED) is 0.459. The third-order valence-electron chi connectivity index (χ3n) is 5.46. The van der Waals surface area contributed by atoms with Gasteiger partial charge in [0, 0.05) is 25.2 Å². The van der Waals surface area contributed by atoms with E-state index in [-0.39, 0.29) is 23.3 Å². The van der Waals surface area contributed by atoms with Crippen LogP contribution in [0.15, 0.2) is 53.4 Å². The number of benzene rings is 2. The van der Waals surface area contributed by atoms with E-state index in [0.29, 0.717) is 23.7 Å². The van der Waals surface area contributed by atoms with Crippen LogP contribution in [-0.2, 0) is 26.2 Å². The molecule has 1 N–H and O–H groups in total. The van der Waals surface area contributed by atoms with Crippen LogP contribution in [0.3, 0.4) is 0 Å². The predicted octanol–water partition coefficient (Wildman–Crippen LogP) is 3.55. The normalized spacial score (nSPS) is 12.5. The van der Waals surface area contributed by atoms with Crippen LogP contribution >= 0.6 is 11.6 Å². The van der Waals surface area contributed by atoms with E-state index in [9.17, 15) is 18.0 Å². The van der Waals surface area contributed by atoms with Crippen molar-refractivity contribution in [3.63, 3.8) is 0 Å². The fraction of sp³-hybridized carbons (Fsp3) is 0.440. The van der Waals surface area contributed by atoms with E-state index >= 15 is 0 Å². The van der Waals surface area contributed by atoms with Gasteiger partial charge in [0.1, 0.15) is 11.8 Å². The minimum Gasteiger partial charge on any atom is -0.497 e. The average Bonchev–Trinajstić information content (AvgIpc) is 2.83. The molecule has 8 nitrogen and oxygen atoms in total. The molecule has 35 heavy (non-hydrogen) atoms. The van der Waals surface area contributed by atoms with Crippen molar-refractivity contribution in [3.8, 4) is 5.75 Å². The molecule has 0 radical (unpaired) electrons. The lowest BCUT2D eigenvalue weighted by molar-refractivity contribution is -0.141. The van der Waals surface area contributed by atoms with Gasteiger partial charge >= 0.3 is 0 Å². The number of carbonyl (C=O) groups excluding carboxylic acids is 2. The molecule has 2 amide bonds. The summed E-state index contributed by atoms with van der Waals surface area (Å²) >= 11 is 5.87. The van der Waals surface area contributed by atoms with Crippen LogP contribution in [0.4, 0.5) is 0 Å². The van der Waals surface area contributed by atoms with E-state index in [1.165, 1.54) is 36.2 Å². The van der Waals surface area contributed by atoms with Gasteiger partial charge in [-0.1, -0.05) is 44.5 Å². The zero-order valence-corrected chi connectivity index (χ0v) is 22.4. The molecule has 2 rings (SSSR count). The summed E-state index contributed by atoms with van der Waals surface area (Å²) in [6.45, 7) is 5.99. The van der Waals surface area contributed by atoms with Crippen molar-refractivity contribution < 1.29 is 22.7 Å². The number of methoxy groups -OCH3 is 1. The number of ether oxygens (including phenoxy) is 1. The fourth-order valence-corrected chi connectivity index (χ4v) is 4.67. The molecule has 0 aliphatic heterocycles. The van der Waals surface area contributed by atoms with Crippen LogP contribution in [0.2, 0.25) is 5.02 Å². The summed E-state index contributed by atoms with van der Waals surface area (Å²) in [4.78, 5) is 27.9. The second-order valence-electron chi connectivity index (χ2n) is 8.65. The maximum absolute atomic E-state index is 13.5. The van der Waals surface area contributed by atoms with Gasteiger partial charge < -0.3 is 15.0 Å². The number of amides is 2. The first-order chi connectivity index (χ1) is 16.5.